The lowest BCUT2D eigenvalue weighted by molar-refractivity contribution is 0.0475. The second-order valence-electron chi connectivity index (χ2n) is 7.54. The Balaban J connectivity index is 1.66. The number of aryl methyl sites for hydroxylation is 2. The van der Waals surface area contributed by atoms with Crippen LogP contribution in [-0.2, 0) is 9.47 Å². The molecule has 0 amide bonds. The number of Topliss-reactive ketones (excluding diaryl/α,β-unsaturated/α-hetero) is 1. The zero-order chi connectivity index (χ0) is 22.8. The van der Waals surface area contributed by atoms with Gasteiger partial charge in [-0.2, -0.15) is 0 Å². The van der Waals surface area contributed by atoms with Gasteiger partial charge in [0.2, 0.25) is 5.78 Å². The fourth-order valence-corrected chi connectivity index (χ4v) is 4.10. The number of aromatic nitrogens is 1. The fraction of sp³-hybridized carbons (Fsp3) is 0.192. The topological polar surface area (TPSA) is 85.5 Å². The van der Waals surface area contributed by atoms with Crippen LogP contribution in [-0.4, -0.2) is 35.9 Å². The number of benzene rings is 3. The third-order valence-electron chi connectivity index (χ3n) is 5.44. The molecule has 1 N–H and O–H groups in total. The summed E-state index contributed by atoms with van der Waals surface area (Å²) in [4.78, 5) is 41.5. The Labute approximate surface area is 185 Å². The lowest BCUT2D eigenvalue weighted by atomic mass is 9.97. The molecule has 0 saturated heterocycles. The minimum Gasteiger partial charge on any atom is -0.462 e. The smallest absolute Gasteiger partial charge is 0.340 e. The van der Waals surface area contributed by atoms with Crippen molar-refractivity contribution in [2.24, 2.45) is 0 Å². The predicted octanol–water partition coefficient (Wildman–Crippen LogP) is 5.15. The van der Waals surface area contributed by atoms with Crippen LogP contribution < -0.4 is 0 Å². The summed E-state index contributed by atoms with van der Waals surface area (Å²) in [5.74, 6) is -1.63. The highest BCUT2D eigenvalue weighted by Crippen LogP contribution is 2.29. The maximum Gasteiger partial charge on any atom is 0.340 e. The van der Waals surface area contributed by atoms with Crippen LogP contribution in [0.2, 0.25) is 0 Å². The molecule has 0 bridgehead atoms. The summed E-state index contributed by atoms with van der Waals surface area (Å²) in [5.41, 5.74) is 1.86. The van der Waals surface area contributed by atoms with Crippen LogP contribution in [0.5, 0.6) is 0 Å². The number of ether oxygens (including phenoxy) is 2. The molecule has 0 fully saturated rings. The van der Waals surface area contributed by atoms with Crippen molar-refractivity contribution in [3.8, 4) is 0 Å². The first-order chi connectivity index (χ1) is 15.4. The molecular formula is C26H23NO5. The maximum atomic E-state index is 13.1. The van der Waals surface area contributed by atoms with E-state index in [0.29, 0.717) is 17.0 Å². The fourth-order valence-electron chi connectivity index (χ4n) is 4.10. The van der Waals surface area contributed by atoms with Crippen molar-refractivity contribution in [1.82, 2.24) is 4.98 Å². The molecule has 0 atom stereocenters. The molecule has 32 heavy (non-hydrogen) atoms. The summed E-state index contributed by atoms with van der Waals surface area (Å²) in [6, 6.07) is 17.1. The lowest BCUT2D eigenvalue weighted by Crippen LogP contribution is -2.18. The van der Waals surface area contributed by atoms with Gasteiger partial charge < -0.3 is 14.5 Å². The van der Waals surface area contributed by atoms with Crippen LogP contribution in [0.25, 0.3) is 21.5 Å². The van der Waals surface area contributed by atoms with Gasteiger partial charge in [0, 0.05) is 11.4 Å². The summed E-state index contributed by atoms with van der Waals surface area (Å²) < 4.78 is 10.6. The Hall–Kier alpha value is -3.93. The van der Waals surface area contributed by atoms with E-state index in [1.165, 1.54) is 0 Å². The normalized spacial score (nSPS) is 11.0. The van der Waals surface area contributed by atoms with Gasteiger partial charge in [-0.25, -0.2) is 9.59 Å². The van der Waals surface area contributed by atoms with E-state index < -0.39 is 24.3 Å². The molecule has 0 aliphatic heterocycles. The molecule has 4 rings (SSSR count). The molecule has 0 saturated carbocycles. The number of aromatic amines is 1. The molecule has 0 spiro atoms. The predicted molar refractivity (Wildman–Crippen MR) is 122 cm³/mol. The van der Waals surface area contributed by atoms with Gasteiger partial charge in [0.25, 0.3) is 0 Å². The Kier molecular flexibility index (Phi) is 5.77. The zero-order valence-electron chi connectivity index (χ0n) is 18.2. The van der Waals surface area contributed by atoms with Gasteiger partial charge in [0.15, 0.2) is 6.61 Å². The maximum absolute atomic E-state index is 13.1. The van der Waals surface area contributed by atoms with Gasteiger partial charge in [-0.3, -0.25) is 4.79 Å². The van der Waals surface area contributed by atoms with Gasteiger partial charge in [0.1, 0.15) is 0 Å². The summed E-state index contributed by atoms with van der Waals surface area (Å²) in [5, 5.41) is 3.33. The van der Waals surface area contributed by atoms with Crippen molar-refractivity contribution in [2.75, 3.05) is 13.2 Å². The van der Waals surface area contributed by atoms with Crippen LogP contribution in [0.3, 0.4) is 0 Å². The highest BCUT2D eigenvalue weighted by atomic mass is 16.5. The molecule has 0 radical (unpaired) electrons. The molecule has 162 valence electrons. The van der Waals surface area contributed by atoms with Crippen molar-refractivity contribution in [2.45, 2.75) is 20.8 Å². The molecule has 1 heterocycles. The first-order valence-electron chi connectivity index (χ1n) is 10.4. The van der Waals surface area contributed by atoms with Crippen molar-refractivity contribution < 1.29 is 23.9 Å². The highest BCUT2D eigenvalue weighted by molar-refractivity contribution is 6.17. The first-order valence-corrected chi connectivity index (χ1v) is 10.4. The summed E-state index contributed by atoms with van der Waals surface area (Å²) in [7, 11) is 0. The van der Waals surface area contributed by atoms with Crippen LogP contribution in [0.1, 0.15) is 49.4 Å². The van der Waals surface area contributed by atoms with Crippen LogP contribution >= 0.6 is 0 Å². The van der Waals surface area contributed by atoms with Crippen molar-refractivity contribution in [3.63, 3.8) is 0 Å². The van der Waals surface area contributed by atoms with Crippen LogP contribution in [0.15, 0.2) is 54.6 Å². The van der Waals surface area contributed by atoms with Gasteiger partial charge in [-0.1, -0.05) is 48.5 Å². The van der Waals surface area contributed by atoms with E-state index in [1.54, 1.807) is 20.8 Å². The third kappa shape index (κ3) is 3.75. The number of rotatable bonds is 6. The zero-order valence-corrected chi connectivity index (χ0v) is 18.2. The quantitative estimate of drug-likeness (QED) is 0.260. The molecule has 3 aromatic carbocycles. The second kappa shape index (κ2) is 8.67. The number of fused-ring (bicyclic) bond motifs is 2. The van der Waals surface area contributed by atoms with E-state index in [4.69, 9.17) is 9.47 Å². The Bertz CT molecular complexity index is 1310. The number of nitrogens with one attached hydrogen (secondary N) is 1. The Morgan fingerprint density at radius 2 is 1.28 bits per heavy atom. The monoisotopic (exact) mass is 429 g/mol. The lowest BCUT2D eigenvalue weighted by Gasteiger charge is -2.11. The second-order valence-corrected chi connectivity index (χ2v) is 7.54. The van der Waals surface area contributed by atoms with Gasteiger partial charge in [0.05, 0.1) is 23.3 Å². The molecular weight excluding hydrogens is 406 g/mol. The number of carbonyl (C=O) groups excluding carboxylic acids is 3. The van der Waals surface area contributed by atoms with Crippen molar-refractivity contribution in [1.29, 1.82) is 0 Å². The highest BCUT2D eigenvalue weighted by Gasteiger charge is 2.26. The number of H-pyrrole nitrogens is 1. The molecule has 0 unspecified atom stereocenters. The minimum absolute atomic E-state index is 0.181. The summed E-state index contributed by atoms with van der Waals surface area (Å²) >= 11 is 0. The van der Waals surface area contributed by atoms with Crippen LogP contribution in [0.4, 0.5) is 0 Å². The van der Waals surface area contributed by atoms with Crippen LogP contribution in [0, 0.1) is 13.8 Å². The standard InChI is InChI=1S/C26H23NO5/c1-4-31-25(29)23-16(3)27-15(2)22(23)21(28)14-32-26(30)24-19-11-7-5-9-17(19)13-18-10-6-8-12-20(18)24/h5-13,27H,4,14H2,1-3H3. The first kappa shape index (κ1) is 21.3. The molecule has 1 aromatic heterocycles. The third-order valence-corrected chi connectivity index (χ3v) is 5.44. The molecule has 4 aromatic rings. The number of esters is 2. The Morgan fingerprint density at radius 1 is 0.750 bits per heavy atom. The average Bonchev–Trinajstić information content (AvgIpc) is 3.09. The molecule has 0 aliphatic carbocycles. The molecule has 6 heteroatoms. The van der Waals surface area contributed by atoms with E-state index in [2.05, 4.69) is 4.98 Å². The van der Waals surface area contributed by atoms with E-state index >= 15 is 0 Å². The summed E-state index contributed by atoms with van der Waals surface area (Å²) in [6.45, 7) is 4.80. The van der Waals surface area contributed by atoms with E-state index in [9.17, 15) is 14.4 Å². The van der Waals surface area contributed by atoms with Gasteiger partial charge in [-0.15, -0.1) is 0 Å². The van der Waals surface area contributed by atoms with Crippen molar-refractivity contribution in [3.05, 3.63) is 82.7 Å². The van der Waals surface area contributed by atoms with Crippen molar-refractivity contribution >= 4 is 39.3 Å². The van der Waals surface area contributed by atoms with Gasteiger partial charge >= 0.3 is 11.9 Å². The van der Waals surface area contributed by atoms with E-state index in [-0.39, 0.29) is 17.7 Å². The number of ketones is 1. The van der Waals surface area contributed by atoms with E-state index in [1.807, 2.05) is 54.6 Å². The number of carbonyl (C=O) groups is 3. The number of hydrogen-bond acceptors (Lipinski definition) is 5. The largest absolute Gasteiger partial charge is 0.462 e. The Morgan fingerprint density at radius 3 is 1.88 bits per heavy atom. The SMILES string of the molecule is CCOC(=O)c1c(C)[nH]c(C)c1C(=O)COC(=O)c1c2ccccc2cc2ccccc12. The van der Waals surface area contributed by atoms with Gasteiger partial charge in [-0.05, 0) is 48.4 Å². The van der Waals surface area contributed by atoms with E-state index in [0.717, 1.165) is 21.5 Å². The summed E-state index contributed by atoms with van der Waals surface area (Å²) in [6.07, 6.45) is 0. The molecule has 0 aliphatic rings. The average molecular weight is 429 g/mol. The number of hydrogen-bond donors (Lipinski definition) is 1. The molecule has 6 nitrogen and oxygen atoms in total. The minimum atomic E-state index is -0.589.